The molecule has 0 bridgehead atoms. The Morgan fingerprint density at radius 3 is 1.62 bits per heavy atom. The van der Waals surface area contributed by atoms with E-state index < -0.39 is 81.3 Å². The summed E-state index contributed by atoms with van der Waals surface area (Å²) < 4.78 is 110. The van der Waals surface area contributed by atoms with Gasteiger partial charge < -0.3 is 14.5 Å². The lowest BCUT2D eigenvalue weighted by molar-refractivity contribution is -0.201. The third-order valence-corrected chi connectivity index (χ3v) is 11.0. The summed E-state index contributed by atoms with van der Waals surface area (Å²) in [4.78, 5) is 52.9. The zero-order valence-corrected chi connectivity index (χ0v) is 26.8. The highest BCUT2D eigenvalue weighted by atomic mass is 32.2. The van der Waals surface area contributed by atoms with Gasteiger partial charge in [0.25, 0.3) is 48.1 Å². The van der Waals surface area contributed by atoms with Gasteiger partial charge in [-0.1, -0.05) is 18.2 Å². The molecule has 2 aliphatic heterocycles. The van der Waals surface area contributed by atoms with Gasteiger partial charge >= 0.3 is 5.97 Å². The first-order valence-corrected chi connectivity index (χ1v) is 18.4. The maximum atomic E-state index is 13.1. The number of rotatable bonds is 8. The van der Waals surface area contributed by atoms with E-state index in [-0.39, 0.29) is 76.8 Å². The number of ether oxygens (including phenoxy) is 1. The van der Waals surface area contributed by atoms with Crippen LogP contribution in [0.1, 0.15) is 25.7 Å². The fraction of sp³-hybridized carbons (Fsp3) is 0.286. The highest BCUT2D eigenvalue weighted by Crippen LogP contribution is 2.45. The smallest absolute Gasteiger partial charge is 0.336 e. The Hall–Kier alpha value is -4.47. The predicted octanol–water partition coefficient (Wildman–Crippen LogP) is 1.55. The molecule has 0 aliphatic carbocycles. The molecule has 4 aromatic carbocycles. The Morgan fingerprint density at radius 1 is 0.708 bits per heavy atom. The van der Waals surface area contributed by atoms with Crippen molar-refractivity contribution in [2.45, 2.75) is 40.4 Å². The number of carbonyl (C=O) groups is 4. The van der Waals surface area contributed by atoms with Crippen LogP contribution in [-0.4, -0.2) is 92.3 Å². The van der Waals surface area contributed by atoms with Crippen LogP contribution in [0.3, 0.4) is 0 Å². The van der Waals surface area contributed by atoms with E-state index in [1.54, 1.807) is 0 Å². The zero-order valence-electron chi connectivity index (χ0n) is 24.4. The average molecular weight is 725 g/mol. The molecule has 254 valence electrons. The van der Waals surface area contributed by atoms with Crippen molar-refractivity contribution in [3.05, 3.63) is 36.4 Å². The van der Waals surface area contributed by atoms with Gasteiger partial charge in [-0.2, -0.15) is 25.3 Å². The fourth-order valence-electron chi connectivity index (χ4n) is 6.04. The van der Waals surface area contributed by atoms with E-state index in [0.29, 0.717) is 11.1 Å². The minimum atomic E-state index is -5.10. The van der Waals surface area contributed by atoms with Crippen molar-refractivity contribution in [2.75, 3.05) is 19.7 Å². The molecule has 0 atom stereocenters. The predicted molar refractivity (Wildman–Crippen MR) is 162 cm³/mol. The second kappa shape index (κ2) is 11.6. The van der Waals surface area contributed by atoms with Crippen LogP contribution in [0.2, 0.25) is 0 Å². The van der Waals surface area contributed by atoms with Gasteiger partial charge in [0.05, 0.1) is 5.92 Å². The van der Waals surface area contributed by atoms with E-state index >= 15 is 0 Å². The van der Waals surface area contributed by atoms with Crippen LogP contribution in [-0.2, 0) is 54.4 Å². The molecule has 2 saturated heterocycles. The van der Waals surface area contributed by atoms with Crippen LogP contribution in [0, 0.1) is 5.92 Å². The maximum absolute atomic E-state index is 13.1. The van der Waals surface area contributed by atoms with Crippen LogP contribution in [0.4, 0.5) is 0 Å². The number of piperidine rings is 1. The first-order valence-electron chi connectivity index (χ1n) is 14.1. The second-order valence-electron chi connectivity index (χ2n) is 11.2. The largest absolute Gasteiger partial charge is 0.483 e. The third-order valence-electron chi connectivity index (χ3n) is 8.30. The van der Waals surface area contributed by atoms with Crippen LogP contribution in [0.25, 0.3) is 32.3 Å². The average Bonchev–Trinajstić information content (AvgIpc) is 3.32. The lowest BCUT2D eigenvalue weighted by atomic mass is 9.93. The van der Waals surface area contributed by atoms with E-state index in [4.69, 9.17) is 9.57 Å². The monoisotopic (exact) mass is 724 g/mol. The summed E-state index contributed by atoms with van der Waals surface area (Å²) in [6.45, 7) is -0.543. The quantitative estimate of drug-likeness (QED) is 0.132. The van der Waals surface area contributed by atoms with E-state index in [1.807, 2.05) is 0 Å². The molecule has 0 spiro atoms. The summed E-state index contributed by atoms with van der Waals surface area (Å²) in [5, 5.41) is -0.500. The summed E-state index contributed by atoms with van der Waals surface area (Å²) >= 11 is 0. The number of benzene rings is 4. The van der Waals surface area contributed by atoms with Crippen molar-refractivity contribution in [2.24, 2.45) is 5.92 Å². The van der Waals surface area contributed by atoms with Crippen molar-refractivity contribution in [3.8, 4) is 5.75 Å². The summed E-state index contributed by atoms with van der Waals surface area (Å²) in [5.41, 5.74) is 0. The van der Waals surface area contributed by atoms with Crippen LogP contribution in [0.15, 0.2) is 51.1 Å². The van der Waals surface area contributed by atoms with E-state index in [9.17, 15) is 58.1 Å². The molecular formula is C28H24N2O15S3. The van der Waals surface area contributed by atoms with E-state index in [2.05, 4.69) is 0 Å². The van der Waals surface area contributed by atoms with Gasteiger partial charge in [-0.15, -0.1) is 5.06 Å². The molecule has 4 aromatic rings. The third kappa shape index (κ3) is 5.90. The number of hydrogen-bond acceptors (Lipinski definition) is 12. The van der Waals surface area contributed by atoms with Gasteiger partial charge in [-0.05, 0) is 25.0 Å². The number of likely N-dealkylation sites (tertiary alicyclic amines) is 1. The molecule has 0 radical (unpaired) electrons. The van der Waals surface area contributed by atoms with Crippen LogP contribution in [0.5, 0.6) is 5.75 Å². The number of imide groups is 1. The van der Waals surface area contributed by atoms with Crippen molar-refractivity contribution >= 4 is 86.4 Å². The van der Waals surface area contributed by atoms with Crippen LogP contribution >= 0.6 is 0 Å². The van der Waals surface area contributed by atoms with Gasteiger partial charge in [-0.3, -0.25) is 28.0 Å². The molecule has 17 nitrogen and oxygen atoms in total. The van der Waals surface area contributed by atoms with E-state index in [0.717, 1.165) is 18.2 Å². The van der Waals surface area contributed by atoms with Gasteiger partial charge in [0.15, 0.2) is 6.61 Å². The number of amides is 3. The lowest BCUT2D eigenvalue weighted by Crippen LogP contribution is -2.44. The van der Waals surface area contributed by atoms with Gasteiger partial charge in [-0.25, -0.2) is 4.79 Å². The van der Waals surface area contributed by atoms with Gasteiger partial charge in [0, 0.05) is 64.3 Å². The summed E-state index contributed by atoms with van der Waals surface area (Å²) in [5.74, 6) is -3.61. The molecule has 48 heavy (non-hydrogen) atoms. The topological polar surface area (TPSA) is 256 Å². The molecule has 2 aliphatic rings. The van der Waals surface area contributed by atoms with E-state index in [1.165, 1.54) is 17.0 Å². The highest BCUT2D eigenvalue weighted by molar-refractivity contribution is 7.87. The molecule has 6 rings (SSSR count). The molecule has 0 aromatic heterocycles. The van der Waals surface area contributed by atoms with Crippen molar-refractivity contribution in [1.82, 2.24) is 9.96 Å². The Labute approximate surface area is 271 Å². The Kier molecular flexibility index (Phi) is 8.08. The summed E-state index contributed by atoms with van der Waals surface area (Å²) in [7, 11) is -15.2. The van der Waals surface area contributed by atoms with Crippen LogP contribution < -0.4 is 4.74 Å². The van der Waals surface area contributed by atoms with Crippen molar-refractivity contribution in [1.29, 1.82) is 0 Å². The normalized spacial score (nSPS) is 16.8. The molecule has 2 fully saturated rings. The van der Waals surface area contributed by atoms with Gasteiger partial charge in [0.1, 0.15) is 20.4 Å². The van der Waals surface area contributed by atoms with Crippen molar-refractivity contribution < 1.29 is 67.7 Å². The van der Waals surface area contributed by atoms with Crippen molar-refractivity contribution in [3.63, 3.8) is 0 Å². The Bertz CT molecular complexity index is 2330. The Balaban J connectivity index is 1.33. The zero-order chi connectivity index (χ0) is 34.9. The molecular weight excluding hydrogens is 701 g/mol. The molecule has 3 N–H and O–H groups in total. The minimum Gasteiger partial charge on any atom is -0.483 e. The molecule has 3 amide bonds. The summed E-state index contributed by atoms with van der Waals surface area (Å²) in [6.07, 6.45) is 0.152. The number of hydroxylamine groups is 2. The molecule has 2 heterocycles. The first kappa shape index (κ1) is 33.4. The minimum absolute atomic E-state index is 0.0598. The fourth-order valence-corrected chi connectivity index (χ4v) is 8.25. The first-order chi connectivity index (χ1) is 22.4. The molecule has 20 heteroatoms. The lowest BCUT2D eigenvalue weighted by Gasteiger charge is -2.31. The summed E-state index contributed by atoms with van der Waals surface area (Å²) in [6, 6.07) is 6.19. The standard InChI is InChI=1S/C28H24N2O15S3/c31-23-5-6-24(32)30(23)45-28(34)14-7-9-29(10-8-14)25(33)13-44-19-11-20(46(35,36)37)16-3-4-18-22(48(41,42)43)12-21(47(38,39)40)17-2-1-15(19)26(16)27(17)18/h1-4,11-12,14H,5-10,13H2,(H,35,36,37)(H,38,39,40)(H,41,42,43). The second-order valence-corrected chi connectivity index (χ2v) is 15.3. The number of nitrogens with zero attached hydrogens (tertiary/aromatic N) is 2. The molecule has 0 saturated carbocycles. The number of hydrogen-bond donors (Lipinski definition) is 3. The maximum Gasteiger partial charge on any atom is 0.336 e. The molecule has 0 unspecified atom stereocenters. The SMILES string of the molecule is O=C(ON1C(=O)CCC1=O)C1CCN(C(=O)COc2cc(S(=O)(=O)O)c3ccc4c(S(=O)(=O)O)cc(S(=O)(=O)O)c5ccc2c3c54)CC1. The highest BCUT2D eigenvalue weighted by Gasteiger charge is 2.36. The number of carbonyl (C=O) groups excluding carboxylic acids is 4. The van der Waals surface area contributed by atoms with Gasteiger partial charge in [0.2, 0.25) is 0 Å². The Morgan fingerprint density at radius 2 is 1.15 bits per heavy atom.